The molecular weight excluding hydrogens is 280 g/mol. The van der Waals surface area contributed by atoms with Crippen LogP contribution in [0, 0.1) is 0 Å². The molecule has 4 heteroatoms. The van der Waals surface area contributed by atoms with Crippen LogP contribution in [0.4, 0.5) is 0 Å². The second-order valence-electron chi connectivity index (χ2n) is 4.97. The summed E-state index contributed by atoms with van der Waals surface area (Å²) < 4.78 is 11.3. The van der Waals surface area contributed by atoms with E-state index in [1.165, 1.54) is 18.2 Å². The van der Waals surface area contributed by atoms with E-state index in [-0.39, 0.29) is 11.5 Å². The zero-order chi connectivity index (χ0) is 15.4. The third-order valence-electron chi connectivity index (χ3n) is 3.35. The van der Waals surface area contributed by atoms with Crippen molar-refractivity contribution in [1.29, 1.82) is 0 Å². The minimum atomic E-state index is -0.178. The number of allylic oxidation sites excluding steroid dienone is 1. The Labute approximate surface area is 128 Å². The summed E-state index contributed by atoms with van der Waals surface area (Å²) in [6.07, 6.45) is 4.01. The first kappa shape index (κ1) is 14.2. The van der Waals surface area contributed by atoms with E-state index in [1.807, 2.05) is 18.2 Å². The number of carbonyl (C=O) groups excluding carboxylic acids is 1. The zero-order valence-electron chi connectivity index (χ0n) is 12.0. The number of rotatable bonds is 3. The second-order valence-corrected chi connectivity index (χ2v) is 4.97. The fraction of sp³-hybridized carbons (Fsp3) is 0.167. The minimum absolute atomic E-state index is 0.0737. The van der Waals surface area contributed by atoms with Gasteiger partial charge in [0, 0.05) is 17.5 Å². The summed E-state index contributed by atoms with van der Waals surface area (Å²) in [4.78, 5) is 12.1. The largest absolute Gasteiger partial charge is 0.508 e. The normalized spacial score (nSPS) is 13.8. The first-order valence-electron chi connectivity index (χ1n) is 7.14. The van der Waals surface area contributed by atoms with Gasteiger partial charge in [0.05, 0.1) is 13.2 Å². The molecule has 22 heavy (non-hydrogen) atoms. The van der Waals surface area contributed by atoms with Gasteiger partial charge >= 0.3 is 0 Å². The molecule has 0 unspecified atom stereocenters. The molecule has 0 saturated carbocycles. The Morgan fingerprint density at radius 1 is 1.09 bits per heavy atom. The van der Waals surface area contributed by atoms with E-state index in [1.54, 1.807) is 18.2 Å². The number of phenolic OH excluding ortho intramolecular Hbond substituents is 1. The van der Waals surface area contributed by atoms with Crippen LogP contribution >= 0.6 is 0 Å². The standard InChI is InChI=1S/C18H16O4/c19-15-6-1-5-14(12-15)16(20)9-8-13-4-2-7-17-18(13)22-11-3-10-21-17/h1-2,4-9,12,19H,3,10-11H2/b9-8+. The summed E-state index contributed by atoms with van der Waals surface area (Å²) in [5.41, 5.74) is 1.24. The van der Waals surface area contributed by atoms with Crippen molar-refractivity contribution in [2.24, 2.45) is 0 Å². The predicted octanol–water partition coefficient (Wildman–Crippen LogP) is 3.45. The van der Waals surface area contributed by atoms with Gasteiger partial charge in [-0.15, -0.1) is 0 Å². The van der Waals surface area contributed by atoms with Gasteiger partial charge < -0.3 is 14.6 Å². The van der Waals surface area contributed by atoms with E-state index >= 15 is 0 Å². The maximum atomic E-state index is 12.1. The Bertz CT molecular complexity index is 719. The van der Waals surface area contributed by atoms with Crippen molar-refractivity contribution in [3.63, 3.8) is 0 Å². The molecule has 1 heterocycles. The maximum Gasteiger partial charge on any atom is 0.185 e. The molecule has 1 N–H and O–H groups in total. The minimum Gasteiger partial charge on any atom is -0.508 e. The van der Waals surface area contributed by atoms with Crippen LogP contribution < -0.4 is 9.47 Å². The summed E-state index contributed by atoms with van der Waals surface area (Å²) in [5, 5.41) is 9.42. The molecule has 0 atom stereocenters. The molecule has 4 nitrogen and oxygen atoms in total. The van der Waals surface area contributed by atoms with E-state index in [2.05, 4.69) is 0 Å². The van der Waals surface area contributed by atoms with Crippen LogP contribution in [0.2, 0.25) is 0 Å². The first-order chi connectivity index (χ1) is 10.7. The Kier molecular flexibility index (Phi) is 4.10. The molecule has 0 spiro atoms. The summed E-state index contributed by atoms with van der Waals surface area (Å²) in [6, 6.07) is 11.9. The van der Waals surface area contributed by atoms with Crippen LogP contribution in [0.1, 0.15) is 22.3 Å². The number of phenols is 1. The van der Waals surface area contributed by atoms with Crippen molar-refractivity contribution >= 4 is 11.9 Å². The number of fused-ring (bicyclic) bond motifs is 1. The summed E-state index contributed by atoms with van der Waals surface area (Å²) in [6.45, 7) is 1.22. The van der Waals surface area contributed by atoms with Gasteiger partial charge in [-0.2, -0.15) is 0 Å². The molecule has 0 aliphatic carbocycles. The van der Waals surface area contributed by atoms with Crippen molar-refractivity contribution in [2.75, 3.05) is 13.2 Å². The lowest BCUT2D eigenvalue weighted by molar-refractivity contribution is 0.104. The van der Waals surface area contributed by atoms with E-state index < -0.39 is 0 Å². The van der Waals surface area contributed by atoms with Crippen molar-refractivity contribution in [3.8, 4) is 17.2 Å². The number of hydrogen-bond donors (Lipinski definition) is 1. The molecule has 1 aliphatic rings. The Morgan fingerprint density at radius 2 is 1.91 bits per heavy atom. The van der Waals surface area contributed by atoms with E-state index in [0.717, 1.165) is 12.0 Å². The summed E-state index contributed by atoms with van der Waals surface area (Å²) in [7, 11) is 0. The highest BCUT2D eigenvalue weighted by atomic mass is 16.5. The van der Waals surface area contributed by atoms with Gasteiger partial charge in [0.15, 0.2) is 17.3 Å². The van der Waals surface area contributed by atoms with Crippen molar-refractivity contribution < 1.29 is 19.4 Å². The third kappa shape index (κ3) is 3.11. The average molecular weight is 296 g/mol. The molecular formula is C18H16O4. The Balaban J connectivity index is 1.85. The number of hydrogen-bond acceptors (Lipinski definition) is 4. The quantitative estimate of drug-likeness (QED) is 0.696. The fourth-order valence-electron chi connectivity index (χ4n) is 2.27. The monoisotopic (exact) mass is 296 g/mol. The van der Waals surface area contributed by atoms with Gasteiger partial charge in [-0.3, -0.25) is 4.79 Å². The van der Waals surface area contributed by atoms with Crippen LogP contribution in [0.3, 0.4) is 0 Å². The molecule has 2 aromatic rings. The van der Waals surface area contributed by atoms with Crippen LogP contribution in [0.15, 0.2) is 48.5 Å². The Morgan fingerprint density at radius 3 is 2.77 bits per heavy atom. The number of aromatic hydroxyl groups is 1. The van der Waals surface area contributed by atoms with Gasteiger partial charge in [0.2, 0.25) is 0 Å². The molecule has 2 aromatic carbocycles. The van der Waals surface area contributed by atoms with E-state index in [4.69, 9.17) is 9.47 Å². The van der Waals surface area contributed by atoms with Crippen LogP contribution in [0.5, 0.6) is 17.2 Å². The van der Waals surface area contributed by atoms with Gasteiger partial charge in [-0.05, 0) is 30.4 Å². The first-order valence-corrected chi connectivity index (χ1v) is 7.14. The fourth-order valence-corrected chi connectivity index (χ4v) is 2.27. The molecule has 0 radical (unpaired) electrons. The average Bonchev–Trinajstić information content (AvgIpc) is 2.78. The number of para-hydroxylation sites is 1. The van der Waals surface area contributed by atoms with E-state index in [9.17, 15) is 9.90 Å². The second kappa shape index (κ2) is 6.35. The number of ketones is 1. The summed E-state index contributed by atoms with van der Waals surface area (Å²) >= 11 is 0. The maximum absolute atomic E-state index is 12.1. The third-order valence-corrected chi connectivity index (χ3v) is 3.35. The van der Waals surface area contributed by atoms with Crippen LogP contribution in [-0.4, -0.2) is 24.1 Å². The van der Waals surface area contributed by atoms with Crippen molar-refractivity contribution in [1.82, 2.24) is 0 Å². The lowest BCUT2D eigenvalue weighted by atomic mass is 10.1. The van der Waals surface area contributed by atoms with Gasteiger partial charge in [-0.25, -0.2) is 0 Å². The summed E-state index contributed by atoms with van der Waals surface area (Å²) in [5.74, 6) is 1.26. The van der Waals surface area contributed by atoms with Crippen LogP contribution in [-0.2, 0) is 0 Å². The smallest absolute Gasteiger partial charge is 0.185 e. The van der Waals surface area contributed by atoms with E-state index in [0.29, 0.717) is 30.3 Å². The lowest BCUT2D eigenvalue weighted by Crippen LogP contribution is -1.98. The molecule has 0 aromatic heterocycles. The zero-order valence-corrected chi connectivity index (χ0v) is 12.0. The van der Waals surface area contributed by atoms with Gasteiger partial charge in [-0.1, -0.05) is 24.3 Å². The number of benzene rings is 2. The predicted molar refractivity (Wildman–Crippen MR) is 83.5 cm³/mol. The van der Waals surface area contributed by atoms with Crippen LogP contribution in [0.25, 0.3) is 6.08 Å². The van der Waals surface area contributed by atoms with Crippen molar-refractivity contribution in [3.05, 3.63) is 59.7 Å². The number of carbonyl (C=O) groups is 1. The topological polar surface area (TPSA) is 55.8 Å². The van der Waals surface area contributed by atoms with Crippen molar-refractivity contribution in [2.45, 2.75) is 6.42 Å². The van der Waals surface area contributed by atoms with Gasteiger partial charge in [0.1, 0.15) is 5.75 Å². The highest BCUT2D eigenvalue weighted by Crippen LogP contribution is 2.34. The van der Waals surface area contributed by atoms with Gasteiger partial charge in [0.25, 0.3) is 0 Å². The lowest BCUT2D eigenvalue weighted by Gasteiger charge is -2.09. The Hall–Kier alpha value is -2.75. The molecule has 0 bridgehead atoms. The SMILES string of the molecule is O=C(/C=C/c1cccc2c1OCCCO2)c1cccc(O)c1. The molecule has 0 amide bonds. The molecule has 0 saturated heterocycles. The molecule has 112 valence electrons. The molecule has 3 rings (SSSR count). The molecule has 1 aliphatic heterocycles. The highest BCUT2D eigenvalue weighted by Gasteiger charge is 2.13. The molecule has 0 fully saturated rings. The highest BCUT2D eigenvalue weighted by molar-refractivity contribution is 6.07. The number of ether oxygens (including phenoxy) is 2.